The number of amides is 2. The predicted octanol–water partition coefficient (Wildman–Crippen LogP) is 8.09. The van der Waals surface area contributed by atoms with E-state index in [1.165, 1.54) is 12.1 Å². The quantitative estimate of drug-likeness (QED) is 0.186. The normalized spacial score (nSPS) is 10.6. The molecule has 1 heterocycles. The Balaban J connectivity index is 1.56. The van der Waals surface area contributed by atoms with Crippen LogP contribution in [0.5, 0.6) is 0 Å². The van der Waals surface area contributed by atoms with Crippen molar-refractivity contribution >= 4 is 40.6 Å². The molecule has 0 saturated carbocycles. The summed E-state index contributed by atoms with van der Waals surface area (Å²) in [7, 11) is 0. The Hall–Kier alpha value is -5.26. The number of carbonyl (C=O) groups excluding carboxylic acids is 2. The van der Waals surface area contributed by atoms with Crippen LogP contribution >= 0.6 is 11.8 Å². The van der Waals surface area contributed by atoms with Gasteiger partial charge in [0, 0.05) is 28.2 Å². The summed E-state index contributed by atoms with van der Waals surface area (Å²) < 4.78 is 15.3. The lowest BCUT2D eigenvalue weighted by molar-refractivity contribution is -0.115. The molecule has 0 unspecified atom stereocenters. The zero-order valence-electron chi connectivity index (χ0n) is 23.5. The summed E-state index contributed by atoms with van der Waals surface area (Å²) in [4.78, 5) is 33.6. The topological polar surface area (TPSA) is 86.1 Å². The number of nitriles is 1. The van der Waals surface area contributed by atoms with Crippen LogP contribution in [0.2, 0.25) is 0 Å². The molecule has 1 aromatic heterocycles. The van der Waals surface area contributed by atoms with E-state index in [4.69, 9.17) is 0 Å². The van der Waals surface area contributed by atoms with Crippen LogP contribution in [-0.4, -0.2) is 22.6 Å². The largest absolute Gasteiger partial charge is 0.322 e. The van der Waals surface area contributed by atoms with Crippen molar-refractivity contribution in [1.82, 2.24) is 4.98 Å². The van der Waals surface area contributed by atoms with E-state index in [9.17, 15) is 14.9 Å². The Kier molecular flexibility index (Phi) is 8.94. The van der Waals surface area contributed by atoms with Crippen molar-refractivity contribution in [2.75, 3.05) is 16.0 Å². The van der Waals surface area contributed by atoms with Gasteiger partial charge in [-0.25, -0.2) is 9.37 Å². The number of hydrogen-bond acceptors (Lipinski definition) is 5. The van der Waals surface area contributed by atoms with E-state index in [0.29, 0.717) is 22.8 Å². The van der Waals surface area contributed by atoms with Crippen molar-refractivity contribution < 1.29 is 14.0 Å². The molecule has 0 bridgehead atoms. The highest BCUT2D eigenvalue weighted by molar-refractivity contribution is 8.00. The smallest absolute Gasteiger partial charge is 0.258 e. The molecule has 43 heavy (non-hydrogen) atoms. The molecule has 5 rings (SSSR count). The van der Waals surface area contributed by atoms with Gasteiger partial charge >= 0.3 is 0 Å². The van der Waals surface area contributed by atoms with Crippen LogP contribution in [0.3, 0.4) is 0 Å². The molecule has 212 valence electrons. The number of nitrogens with zero attached hydrogens (tertiary/aromatic N) is 3. The third-order valence-electron chi connectivity index (χ3n) is 6.83. The highest BCUT2D eigenvalue weighted by atomic mass is 32.2. The third-order valence-corrected chi connectivity index (χ3v) is 7.79. The molecular formula is C35H27FN4O2S. The number of pyridine rings is 1. The standard InChI is InChI=1S/C35H27FN4O2S/c1-23-13-9-12-20-30(23)39-34(42)32-24(2)38-35(28(21-37)33(32)27-18-10-11-19-29(27)36)43-22-31(41)40(25-14-5-3-6-15-25)26-16-7-4-8-17-26/h3-20H,22H2,1-2H3,(H,39,42). The zero-order chi connectivity index (χ0) is 30.3. The first-order chi connectivity index (χ1) is 20.9. The number of anilines is 3. The summed E-state index contributed by atoms with van der Waals surface area (Å²) in [5, 5.41) is 13.5. The number of hydrogen-bond donors (Lipinski definition) is 1. The van der Waals surface area contributed by atoms with Gasteiger partial charge in [-0.15, -0.1) is 0 Å². The number of benzene rings is 4. The molecule has 1 N–H and O–H groups in total. The van der Waals surface area contributed by atoms with E-state index in [2.05, 4.69) is 16.4 Å². The number of thioether (sulfide) groups is 1. The fourth-order valence-electron chi connectivity index (χ4n) is 4.78. The highest BCUT2D eigenvalue weighted by Gasteiger charge is 2.27. The van der Waals surface area contributed by atoms with Crippen LogP contribution in [0, 0.1) is 31.0 Å². The second-order valence-electron chi connectivity index (χ2n) is 9.68. The molecule has 4 aromatic carbocycles. The lowest BCUT2D eigenvalue weighted by Crippen LogP contribution is -2.27. The summed E-state index contributed by atoms with van der Waals surface area (Å²) in [6, 6.07) is 34.0. The number of aryl methyl sites for hydroxylation is 2. The van der Waals surface area contributed by atoms with Gasteiger partial charge in [-0.2, -0.15) is 5.26 Å². The maximum atomic E-state index is 15.3. The fraction of sp³-hybridized carbons (Fsp3) is 0.0857. The van der Waals surface area contributed by atoms with Crippen molar-refractivity contribution in [1.29, 1.82) is 5.26 Å². The average molecular weight is 587 g/mol. The predicted molar refractivity (Wildman–Crippen MR) is 169 cm³/mol. The minimum absolute atomic E-state index is 0.0226. The van der Waals surface area contributed by atoms with E-state index < -0.39 is 11.7 Å². The van der Waals surface area contributed by atoms with Crippen LogP contribution in [0.4, 0.5) is 21.5 Å². The van der Waals surface area contributed by atoms with Crippen LogP contribution in [0.25, 0.3) is 11.1 Å². The monoisotopic (exact) mass is 586 g/mol. The third kappa shape index (κ3) is 6.32. The van der Waals surface area contributed by atoms with Gasteiger partial charge in [-0.1, -0.05) is 84.6 Å². The van der Waals surface area contributed by atoms with Crippen molar-refractivity contribution in [2.45, 2.75) is 18.9 Å². The molecular weight excluding hydrogens is 559 g/mol. The summed E-state index contributed by atoms with van der Waals surface area (Å²) in [6.07, 6.45) is 0. The molecule has 0 fully saturated rings. The summed E-state index contributed by atoms with van der Waals surface area (Å²) >= 11 is 1.07. The minimum Gasteiger partial charge on any atom is -0.322 e. The first-order valence-corrected chi connectivity index (χ1v) is 14.5. The van der Waals surface area contributed by atoms with E-state index in [0.717, 1.165) is 17.3 Å². The molecule has 8 heteroatoms. The van der Waals surface area contributed by atoms with Gasteiger partial charge in [0.1, 0.15) is 16.9 Å². The first-order valence-electron chi connectivity index (χ1n) is 13.5. The number of halogens is 1. The van der Waals surface area contributed by atoms with Gasteiger partial charge in [-0.3, -0.25) is 14.5 Å². The Labute approximate surface area is 253 Å². The highest BCUT2D eigenvalue weighted by Crippen LogP contribution is 2.37. The van der Waals surface area contributed by atoms with Gasteiger partial charge in [-0.05, 0) is 55.8 Å². The number of aromatic nitrogens is 1. The van der Waals surface area contributed by atoms with E-state index in [-0.39, 0.29) is 38.9 Å². The lowest BCUT2D eigenvalue weighted by atomic mass is 9.94. The molecule has 0 aliphatic rings. The molecule has 0 aliphatic carbocycles. The van der Waals surface area contributed by atoms with E-state index >= 15 is 4.39 Å². The van der Waals surface area contributed by atoms with Crippen LogP contribution in [-0.2, 0) is 4.79 Å². The lowest BCUT2D eigenvalue weighted by Gasteiger charge is -2.23. The number of nitrogens with one attached hydrogen (secondary N) is 1. The van der Waals surface area contributed by atoms with Gasteiger partial charge in [0.2, 0.25) is 5.91 Å². The number of rotatable bonds is 8. The van der Waals surface area contributed by atoms with E-state index in [1.54, 1.807) is 36.1 Å². The fourth-order valence-corrected chi connectivity index (χ4v) is 5.66. The maximum absolute atomic E-state index is 15.3. The molecule has 0 saturated heterocycles. The second kappa shape index (κ2) is 13.1. The Morgan fingerprint density at radius 3 is 2.05 bits per heavy atom. The van der Waals surface area contributed by atoms with Crippen molar-refractivity contribution in [2.24, 2.45) is 0 Å². The zero-order valence-corrected chi connectivity index (χ0v) is 24.4. The van der Waals surface area contributed by atoms with Crippen LogP contribution < -0.4 is 10.2 Å². The molecule has 0 spiro atoms. The average Bonchev–Trinajstić information content (AvgIpc) is 3.02. The Bertz CT molecular complexity index is 1800. The van der Waals surface area contributed by atoms with Crippen LogP contribution in [0.15, 0.2) is 114 Å². The number of para-hydroxylation sites is 3. The van der Waals surface area contributed by atoms with Gasteiger partial charge < -0.3 is 5.32 Å². The first kappa shape index (κ1) is 29.2. The summed E-state index contributed by atoms with van der Waals surface area (Å²) in [5.74, 6) is -1.39. The Morgan fingerprint density at radius 1 is 0.860 bits per heavy atom. The SMILES string of the molecule is Cc1ccccc1NC(=O)c1c(C)nc(SCC(=O)N(c2ccccc2)c2ccccc2)c(C#N)c1-c1ccccc1F. The summed E-state index contributed by atoms with van der Waals surface area (Å²) in [5.41, 5.74) is 3.49. The van der Waals surface area contributed by atoms with Gasteiger partial charge in [0.15, 0.2) is 0 Å². The van der Waals surface area contributed by atoms with Crippen molar-refractivity contribution in [3.63, 3.8) is 0 Å². The van der Waals surface area contributed by atoms with Crippen molar-refractivity contribution in [3.8, 4) is 17.2 Å². The Morgan fingerprint density at radius 2 is 1.44 bits per heavy atom. The van der Waals surface area contributed by atoms with Crippen LogP contribution in [0.1, 0.15) is 27.2 Å². The van der Waals surface area contributed by atoms with Gasteiger partial charge in [0.25, 0.3) is 5.91 Å². The number of carbonyl (C=O) groups is 2. The van der Waals surface area contributed by atoms with Gasteiger partial charge in [0.05, 0.1) is 22.6 Å². The minimum atomic E-state index is -0.583. The molecule has 0 aliphatic heterocycles. The molecule has 6 nitrogen and oxygen atoms in total. The summed E-state index contributed by atoms with van der Waals surface area (Å²) in [6.45, 7) is 3.51. The molecule has 0 radical (unpaired) electrons. The maximum Gasteiger partial charge on any atom is 0.258 e. The van der Waals surface area contributed by atoms with Crippen molar-refractivity contribution in [3.05, 3.63) is 137 Å². The van der Waals surface area contributed by atoms with E-state index in [1.807, 2.05) is 79.7 Å². The molecule has 5 aromatic rings. The second-order valence-corrected chi connectivity index (χ2v) is 10.6. The molecule has 2 amide bonds. The molecule has 0 atom stereocenters.